The molecule has 0 heterocycles. The molecule has 3 aromatic carbocycles. The number of methoxy groups -OCH3 is 1. The number of nitrogens with zero attached hydrogens (tertiary/aromatic N) is 1. The van der Waals surface area contributed by atoms with E-state index in [2.05, 4.69) is 10.5 Å². The molecule has 5 heteroatoms. The lowest BCUT2D eigenvalue weighted by Gasteiger charge is -2.09. The average molecular weight is 348 g/mol. The van der Waals surface area contributed by atoms with E-state index in [1.807, 2.05) is 55.5 Å². The largest absolute Gasteiger partial charge is 0.493 e. The van der Waals surface area contributed by atoms with Crippen LogP contribution in [0.5, 0.6) is 11.5 Å². The van der Waals surface area contributed by atoms with Gasteiger partial charge in [-0.3, -0.25) is 4.79 Å². The van der Waals surface area contributed by atoms with Crippen molar-refractivity contribution in [2.45, 2.75) is 6.92 Å². The summed E-state index contributed by atoms with van der Waals surface area (Å²) in [6, 6.07) is 18.9. The fourth-order valence-electron chi connectivity index (χ4n) is 2.60. The minimum absolute atomic E-state index is 0.259. The summed E-state index contributed by atoms with van der Waals surface area (Å²) in [6.07, 6.45) is 1.57. The molecule has 132 valence electrons. The molecule has 0 atom stereocenters. The van der Waals surface area contributed by atoms with Gasteiger partial charge in [0.2, 0.25) is 0 Å². The average Bonchev–Trinajstić information content (AvgIpc) is 2.68. The Hall–Kier alpha value is -3.34. The molecule has 0 unspecified atom stereocenters. The number of hydrogen-bond acceptors (Lipinski definition) is 4. The van der Waals surface area contributed by atoms with Gasteiger partial charge in [0.1, 0.15) is 0 Å². The molecule has 3 rings (SSSR count). The maximum Gasteiger partial charge on any atom is 0.271 e. The Labute approximate surface area is 152 Å². The standard InChI is InChI=1S/C21H20N2O3/c1-3-26-20-12-15(8-11-19(20)25-2)14-22-23-21(24)18-10-9-16-6-4-5-7-17(16)13-18/h4-14H,3H2,1-2H3,(H,23,24)/b22-14-. The molecule has 0 saturated heterocycles. The summed E-state index contributed by atoms with van der Waals surface area (Å²) in [5.74, 6) is 1.04. The second kappa shape index (κ2) is 8.16. The highest BCUT2D eigenvalue weighted by atomic mass is 16.5. The summed E-state index contributed by atoms with van der Waals surface area (Å²) in [4.78, 5) is 12.3. The highest BCUT2D eigenvalue weighted by molar-refractivity contribution is 5.99. The van der Waals surface area contributed by atoms with Crippen molar-refractivity contribution >= 4 is 22.9 Å². The molecule has 0 aliphatic heterocycles. The Morgan fingerprint density at radius 1 is 1.04 bits per heavy atom. The molecule has 0 radical (unpaired) electrons. The van der Waals surface area contributed by atoms with Crippen molar-refractivity contribution in [3.63, 3.8) is 0 Å². The minimum Gasteiger partial charge on any atom is -0.493 e. The molecule has 0 aliphatic rings. The van der Waals surface area contributed by atoms with E-state index in [0.29, 0.717) is 23.7 Å². The first kappa shape index (κ1) is 17.5. The lowest BCUT2D eigenvalue weighted by Crippen LogP contribution is -2.17. The van der Waals surface area contributed by atoms with E-state index in [-0.39, 0.29) is 5.91 Å². The Bertz CT molecular complexity index is 951. The van der Waals surface area contributed by atoms with Crippen molar-refractivity contribution in [1.29, 1.82) is 0 Å². The van der Waals surface area contributed by atoms with Gasteiger partial charge in [-0.1, -0.05) is 30.3 Å². The first-order valence-electron chi connectivity index (χ1n) is 8.34. The molecular weight excluding hydrogens is 328 g/mol. The van der Waals surface area contributed by atoms with Crippen molar-refractivity contribution in [2.75, 3.05) is 13.7 Å². The van der Waals surface area contributed by atoms with E-state index in [9.17, 15) is 4.79 Å². The Morgan fingerprint density at radius 3 is 2.62 bits per heavy atom. The van der Waals surface area contributed by atoms with Crippen LogP contribution in [0.25, 0.3) is 10.8 Å². The van der Waals surface area contributed by atoms with E-state index in [1.54, 1.807) is 25.5 Å². The van der Waals surface area contributed by atoms with Gasteiger partial charge in [-0.05, 0) is 53.6 Å². The van der Waals surface area contributed by atoms with Crippen LogP contribution >= 0.6 is 0 Å². The molecular formula is C21H20N2O3. The third kappa shape index (κ3) is 4.00. The monoisotopic (exact) mass is 348 g/mol. The van der Waals surface area contributed by atoms with E-state index >= 15 is 0 Å². The molecule has 5 nitrogen and oxygen atoms in total. The van der Waals surface area contributed by atoms with Gasteiger partial charge in [0, 0.05) is 5.56 Å². The number of rotatable bonds is 6. The van der Waals surface area contributed by atoms with Crippen molar-refractivity contribution in [3.05, 3.63) is 71.8 Å². The highest BCUT2D eigenvalue weighted by Gasteiger charge is 2.06. The summed E-state index contributed by atoms with van der Waals surface area (Å²) in [6.45, 7) is 2.44. The highest BCUT2D eigenvalue weighted by Crippen LogP contribution is 2.27. The fourth-order valence-corrected chi connectivity index (χ4v) is 2.60. The van der Waals surface area contributed by atoms with Crippen LogP contribution in [0.1, 0.15) is 22.8 Å². The summed E-state index contributed by atoms with van der Waals surface area (Å²) in [7, 11) is 1.59. The van der Waals surface area contributed by atoms with Crippen LogP contribution < -0.4 is 14.9 Å². The number of hydrogen-bond donors (Lipinski definition) is 1. The van der Waals surface area contributed by atoms with Crippen LogP contribution in [0.3, 0.4) is 0 Å². The van der Waals surface area contributed by atoms with Crippen molar-refractivity contribution < 1.29 is 14.3 Å². The third-order valence-electron chi connectivity index (χ3n) is 3.88. The molecule has 0 spiro atoms. The number of carbonyl (C=O) groups is 1. The van der Waals surface area contributed by atoms with Crippen LogP contribution in [0, 0.1) is 0 Å². The zero-order valence-corrected chi connectivity index (χ0v) is 14.7. The van der Waals surface area contributed by atoms with Crippen molar-refractivity contribution in [1.82, 2.24) is 5.43 Å². The third-order valence-corrected chi connectivity index (χ3v) is 3.88. The Balaban J connectivity index is 1.71. The molecule has 0 aliphatic carbocycles. The minimum atomic E-state index is -0.259. The number of carbonyl (C=O) groups excluding carboxylic acids is 1. The molecule has 0 saturated carbocycles. The summed E-state index contributed by atoms with van der Waals surface area (Å²) >= 11 is 0. The second-order valence-electron chi connectivity index (χ2n) is 5.60. The molecule has 0 fully saturated rings. The van der Waals surface area contributed by atoms with Gasteiger partial charge in [0.25, 0.3) is 5.91 Å². The summed E-state index contributed by atoms with van der Waals surface area (Å²) in [5, 5.41) is 6.14. The smallest absolute Gasteiger partial charge is 0.271 e. The fraction of sp³-hybridized carbons (Fsp3) is 0.143. The van der Waals surface area contributed by atoms with Crippen molar-refractivity contribution in [2.24, 2.45) is 5.10 Å². The second-order valence-corrected chi connectivity index (χ2v) is 5.60. The van der Waals surface area contributed by atoms with Crippen LogP contribution in [0.15, 0.2) is 65.8 Å². The summed E-state index contributed by atoms with van der Waals surface area (Å²) < 4.78 is 10.8. The summed E-state index contributed by atoms with van der Waals surface area (Å²) in [5.41, 5.74) is 3.91. The lowest BCUT2D eigenvalue weighted by molar-refractivity contribution is 0.0955. The number of nitrogens with one attached hydrogen (secondary N) is 1. The normalized spacial score (nSPS) is 10.8. The van der Waals surface area contributed by atoms with Gasteiger partial charge in [-0.25, -0.2) is 5.43 Å². The molecule has 3 aromatic rings. The van der Waals surface area contributed by atoms with E-state index < -0.39 is 0 Å². The molecule has 1 N–H and O–H groups in total. The predicted molar refractivity (Wildman–Crippen MR) is 103 cm³/mol. The quantitative estimate of drug-likeness (QED) is 0.541. The van der Waals surface area contributed by atoms with Gasteiger partial charge in [0.15, 0.2) is 11.5 Å². The molecule has 1 amide bonds. The van der Waals surface area contributed by atoms with Gasteiger partial charge in [0.05, 0.1) is 19.9 Å². The van der Waals surface area contributed by atoms with E-state index in [4.69, 9.17) is 9.47 Å². The zero-order chi connectivity index (χ0) is 18.4. The van der Waals surface area contributed by atoms with Crippen LogP contribution in [0.2, 0.25) is 0 Å². The molecule has 0 aromatic heterocycles. The number of benzene rings is 3. The van der Waals surface area contributed by atoms with E-state index in [0.717, 1.165) is 16.3 Å². The molecule has 26 heavy (non-hydrogen) atoms. The van der Waals surface area contributed by atoms with Gasteiger partial charge in [-0.2, -0.15) is 5.10 Å². The Kier molecular flexibility index (Phi) is 5.49. The maximum atomic E-state index is 12.3. The van der Waals surface area contributed by atoms with Crippen molar-refractivity contribution in [3.8, 4) is 11.5 Å². The van der Waals surface area contributed by atoms with Gasteiger partial charge < -0.3 is 9.47 Å². The Morgan fingerprint density at radius 2 is 1.85 bits per heavy atom. The number of fused-ring (bicyclic) bond motifs is 1. The number of hydrazone groups is 1. The first-order valence-corrected chi connectivity index (χ1v) is 8.34. The zero-order valence-electron chi connectivity index (χ0n) is 14.7. The predicted octanol–water partition coefficient (Wildman–Crippen LogP) is 4.01. The lowest BCUT2D eigenvalue weighted by atomic mass is 10.1. The van der Waals surface area contributed by atoms with E-state index in [1.165, 1.54) is 0 Å². The topological polar surface area (TPSA) is 59.9 Å². The molecule has 0 bridgehead atoms. The van der Waals surface area contributed by atoms with Gasteiger partial charge >= 0.3 is 0 Å². The first-order chi connectivity index (χ1) is 12.7. The van der Waals surface area contributed by atoms with Crippen LogP contribution in [-0.2, 0) is 0 Å². The number of amides is 1. The van der Waals surface area contributed by atoms with Crippen LogP contribution in [-0.4, -0.2) is 25.8 Å². The SMILES string of the molecule is CCOc1cc(/C=N\NC(=O)c2ccc3ccccc3c2)ccc1OC. The number of ether oxygens (including phenoxy) is 2. The van der Waals surface area contributed by atoms with Gasteiger partial charge in [-0.15, -0.1) is 0 Å². The maximum absolute atomic E-state index is 12.3. The van der Waals surface area contributed by atoms with Crippen LogP contribution in [0.4, 0.5) is 0 Å².